The minimum absolute atomic E-state index is 0.105. The van der Waals surface area contributed by atoms with Gasteiger partial charge in [0.2, 0.25) is 5.91 Å². The SMILES string of the molecule is Cc1ccc(Cl)c(NC(=O)CN2CCC(N)C(C)C2)c1Cl. The second kappa shape index (κ2) is 6.97. The third kappa shape index (κ3) is 4.10. The molecule has 1 fully saturated rings. The Bertz CT molecular complexity index is 536. The molecular formula is C15H21Cl2N3O. The van der Waals surface area contributed by atoms with Gasteiger partial charge in [-0.1, -0.05) is 36.2 Å². The maximum Gasteiger partial charge on any atom is 0.238 e. The first-order valence-electron chi connectivity index (χ1n) is 7.11. The number of likely N-dealkylation sites (tertiary alicyclic amines) is 1. The van der Waals surface area contributed by atoms with Gasteiger partial charge in [0.05, 0.1) is 22.3 Å². The highest BCUT2D eigenvalue weighted by Gasteiger charge is 2.24. The number of nitrogens with one attached hydrogen (secondary N) is 1. The molecule has 0 aromatic heterocycles. The quantitative estimate of drug-likeness (QED) is 0.896. The summed E-state index contributed by atoms with van der Waals surface area (Å²) in [4.78, 5) is 14.3. The Balaban J connectivity index is 1.98. The van der Waals surface area contributed by atoms with Gasteiger partial charge in [0.1, 0.15) is 0 Å². The number of amides is 1. The van der Waals surface area contributed by atoms with E-state index in [0.717, 1.165) is 25.1 Å². The van der Waals surface area contributed by atoms with E-state index in [1.54, 1.807) is 6.07 Å². The number of piperidine rings is 1. The van der Waals surface area contributed by atoms with Crippen LogP contribution in [0.15, 0.2) is 12.1 Å². The summed E-state index contributed by atoms with van der Waals surface area (Å²) in [7, 11) is 0. The number of hydrogen-bond acceptors (Lipinski definition) is 3. The molecule has 3 N–H and O–H groups in total. The van der Waals surface area contributed by atoms with Crippen LogP contribution < -0.4 is 11.1 Å². The largest absolute Gasteiger partial charge is 0.327 e. The van der Waals surface area contributed by atoms with Gasteiger partial charge in [-0.2, -0.15) is 0 Å². The van der Waals surface area contributed by atoms with E-state index in [9.17, 15) is 4.79 Å². The van der Waals surface area contributed by atoms with Crippen LogP contribution in [0.3, 0.4) is 0 Å². The summed E-state index contributed by atoms with van der Waals surface area (Å²) in [5, 5.41) is 3.76. The van der Waals surface area contributed by atoms with Gasteiger partial charge >= 0.3 is 0 Å². The molecule has 2 unspecified atom stereocenters. The van der Waals surface area contributed by atoms with E-state index in [1.807, 2.05) is 13.0 Å². The van der Waals surface area contributed by atoms with Gasteiger partial charge in [-0.05, 0) is 30.9 Å². The van der Waals surface area contributed by atoms with Crippen LogP contribution >= 0.6 is 23.2 Å². The van der Waals surface area contributed by atoms with Gasteiger partial charge in [0.15, 0.2) is 0 Å². The zero-order valence-corrected chi connectivity index (χ0v) is 13.8. The highest BCUT2D eigenvalue weighted by molar-refractivity contribution is 6.40. The van der Waals surface area contributed by atoms with Crippen molar-refractivity contribution in [1.29, 1.82) is 0 Å². The minimum atomic E-state index is -0.105. The summed E-state index contributed by atoms with van der Waals surface area (Å²) < 4.78 is 0. The first-order chi connectivity index (χ1) is 9.88. The molecule has 2 atom stereocenters. The molecule has 1 amide bonds. The van der Waals surface area contributed by atoms with Gasteiger partial charge in [0.25, 0.3) is 0 Å². The Labute approximate surface area is 135 Å². The van der Waals surface area contributed by atoms with Gasteiger partial charge < -0.3 is 11.1 Å². The number of anilines is 1. The van der Waals surface area contributed by atoms with Crippen LogP contribution in [0.1, 0.15) is 18.9 Å². The van der Waals surface area contributed by atoms with E-state index in [-0.39, 0.29) is 11.9 Å². The number of benzene rings is 1. The number of rotatable bonds is 3. The maximum absolute atomic E-state index is 12.2. The van der Waals surface area contributed by atoms with E-state index in [1.165, 1.54) is 0 Å². The molecule has 0 aliphatic carbocycles. The van der Waals surface area contributed by atoms with Crippen molar-refractivity contribution in [3.05, 3.63) is 27.7 Å². The van der Waals surface area contributed by atoms with E-state index in [4.69, 9.17) is 28.9 Å². The monoisotopic (exact) mass is 329 g/mol. The Kier molecular flexibility index (Phi) is 5.49. The zero-order chi connectivity index (χ0) is 15.6. The van der Waals surface area contributed by atoms with E-state index < -0.39 is 0 Å². The molecule has 1 aromatic carbocycles. The lowest BCUT2D eigenvalue weighted by Gasteiger charge is -2.34. The zero-order valence-electron chi connectivity index (χ0n) is 12.3. The second-order valence-electron chi connectivity index (χ2n) is 5.77. The van der Waals surface area contributed by atoms with Crippen molar-refractivity contribution in [1.82, 2.24) is 4.90 Å². The standard InChI is InChI=1S/C15H21Cl2N3O/c1-9-3-4-11(16)15(14(9)17)19-13(21)8-20-6-5-12(18)10(2)7-20/h3-4,10,12H,5-8,18H2,1-2H3,(H,19,21). The van der Waals surface area contributed by atoms with Crippen molar-refractivity contribution in [3.8, 4) is 0 Å². The molecule has 6 heteroatoms. The number of aryl methyl sites for hydroxylation is 1. The predicted octanol–water partition coefficient (Wildman–Crippen LogP) is 2.91. The number of nitrogens with two attached hydrogens (primary N) is 1. The third-order valence-corrected chi connectivity index (χ3v) is 4.77. The second-order valence-corrected chi connectivity index (χ2v) is 6.55. The van der Waals surface area contributed by atoms with E-state index >= 15 is 0 Å². The molecule has 1 heterocycles. The summed E-state index contributed by atoms with van der Waals surface area (Å²) in [5.41, 5.74) is 7.36. The number of carbonyl (C=O) groups is 1. The van der Waals surface area contributed by atoms with Crippen LogP contribution in [0.5, 0.6) is 0 Å². The fraction of sp³-hybridized carbons (Fsp3) is 0.533. The number of halogens is 2. The van der Waals surface area contributed by atoms with Crippen LogP contribution in [-0.2, 0) is 4.79 Å². The lowest BCUT2D eigenvalue weighted by atomic mass is 9.95. The topological polar surface area (TPSA) is 58.4 Å². The van der Waals surface area contributed by atoms with Crippen molar-refractivity contribution >= 4 is 34.8 Å². The number of hydrogen-bond donors (Lipinski definition) is 2. The fourth-order valence-electron chi connectivity index (χ4n) is 2.55. The first kappa shape index (κ1) is 16.6. The first-order valence-corrected chi connectivity index (χ1v) is 7.86. The maximum atomic E-state index is 12.2. The minimum Gasteiger partial charge on any atom is -0.327 e. The van der Waals surface area contributed by atoms with Crippen molar-refractivity contribution in [2.75, 3.05) is 25.0 Å². The third-order valence-electron chi connectivity index (χ3n) is 3.97. The summed E-state index contributed by atoms with van der Waals surface area (Å²) >= 11 is 12.3. The van der Waals surface area contributed by atoms with Gasteiger partial charge in [-0.25, -0.2) is 0 Å². The van der Waals surface area contributed by atoms with Crippen molar-refractivity contribution in [2.24, 2.45) is 11.7 Å². The lowest BCUT2D eigenvalue weighted by Crippen LogP contribution is -2.48. The van der Waals surface area contributed by atoms with Crippen LogP contribution in [0.25, 0.3) is 0 Å². The van der Waals surface area contributed by atoms with E-state index in [0.29, 0.717) is 28.2 Å². The molecule has 0 bridgehead atoms. The molecule has 1 saturated heterocycles. The molecule has 0 spiro atoms. The average molecular weight is 330 g/mol. The Hall–Kier alpha value is -0.810. The molecule has 1 aliphatic rings. The van der Waals surface area contributed by atoms with Crippen molar-refractivity contribution in [3.63, 3.8) is 0 Å². The Morgan fingerprint density at radius 2 is 2.19 bits per heavy atom. The summed E-state index contributed by atoms with van der Waals surface area (Å²) in [6.07, 6.45) is 0.917. The van der Waals surface area contributed by atoms with Crippen LogP contribution in [0.2, 0.25) is 10.0 Å². The highest BCUT2D eigenvalue weighted by Crippen LogP contribution is 2.32. The average Bonchev–Trinajstić information content (AvgIpc) is 2.43. The van der Waals surface area contributed by atoms with Crippen LogP contribution in [-0.4, -0.2) is 36.5 Å². The molecule has 2 rings (SSSR count). The lowest BCUT2D eigenvalue weighted by molar-refractivity contribution is -0.117. The van der Waals surface area contributed by atoms with Gasteiger partial charge in [0, 0.05) is 19.1 Å². The molecule has 21 heavy (non-hydrogen) atoms. The van der Waals surface area contributed by atoms with E-state index in [2.05, 4.69) is 17.1 Å². The van der Waals surface area contributed by atoms with Crippen molar-refractivity contribution < 1.29 is 4.79 Å². The smallest absolute Gasteiger partial charge is 0.238 e. The predicted molar refractivity (Wildman–Crippen MR) is 88.0 cm³/mol. The molecule has 0 saturated carbocycles. The molecule has 0 radical (unpaired) electrons. The molecule has 116 valence electrons. The molecule has 1 aliphatic heterocycles. The van der Waals surface area contributed by atoms with Gasteiger partial charge in [-0.3, -0.25) is 9.69 Å². The summed E-state index contributed by atoms with van der Waals surface area (Å²) in [6, 6.07) is 3.79. The van der Waals surface area contributed by atoms with Crippen LogP contribution in [0.4, 0.5) is 5.69 Å². The normalized spacial score (nSPS) is 23.1. The Morgan fingerprint density at radius 3 is 2.86 bits per heavy atom. The highest BCUT2D eigenvalue weighted by atomic mass is 35.5. The summed E-state index contributed by atoms with van der Waals surface area (Å²) in [5.74, 6) is 0.296. The van der Waals surface area contributed by atoms with Crippen molar-refractivity contribution in [2.45, 2.75) is 26.3 Å². The number of nitrogens with zero attached hydrogens (tertiary/aromatic N) is 1. The van der Waals surface area contributed by atoms with Crippen LogP contribution in [0, 0.1) is 12.8 Å². The number of carbonyl (C=O) groups excluding carboxylic acids is 1. The Morgan fingerprint density at radius 1 is 1.48 bits per heavy atom. The molecule has 4 nitrogen and oxygen atoms in total. The molecular weight excluding hydrogens is 309 g/mol. The molecule has 1 aromatic rings. The fourth-order valence-corrected chi connectivity index (χ4v) is 3.01. The van der Waals surface area contributed by atoms with Gasteiger partial charge in [-0.15, -0.1) is 0 Å². The summed E-state index contributed by atoms with van der Waals surface area (Å²) in [6.45, 7) is 6.00.